The lowest BCUT2D eigenvalue weighted by Gasteiger charge is -2.19. The van der Waals surface area contributed by atoms with Gasteiger partial charge in [0.2, 0.25) is 11.8 Å². The van der Waals surface area contributed by atoms with Crippen LogP contribution in [0.1, 0.15) is 38.2 Å². The molecule has 1 aliphatic heterocycles. The van der Waals surface area contributed by atoms with Crippen molar-refractivity contribution in [3.8, 4) is 0 Å². The zero-order valence-corrected chi connectivity index (χ0v) is 16.1. The average molecular weight is 393 g/mol. The fraction of sp³-hybridized carbons (Fsp3) is 0.450. The summed E-state index contributed by atoms with van der Waals surface area (Å²) in [7, 11) is 0. The van der Waals surface area contributed by atoms with Crippen molar-refractivity contribution in [2.24, 2.45) is 5.92 Å². The van der Waals surface area contributed by atoms with Gasteiger partial charge in [-0.2, -0.15) is 0 Å². The Labute approximate surface area is 164 Å². The van der Waals surface area contributed by atoms with E-state index in [2.05, 4.69) is 10.6 Å². The number of carbonyl (C=O) groups is 3. The van der Waals surface area contributed by atoms with Gasteiger partial charge in [0.1, 0.15) is 6.10 Å². The van der Waals surface area contributed by atoms with E-state index < -0.39 is 12.0 Å². The van der Waals surface area contributed by atoms with Crippen LogP contribution < -0.4 is 10.6 Å². The molecule has 6 nitrogen and oxygen atoms in total. The van der Waals surface area contributed by atoms with Gasteiger partial charge in [-0.25, -0.2) is 0 Å². The lowest BCUT2D eigenvalue weighted by molar-refractivity contribution is -0.148. The van der Waals surface area contributed by atoms with Crippen LogP contribution in [0, 0.1) is 5.92 Å². The predicted molar refractivity (Wildman–Crippen MR) is 103 cm³/mol. The number of amides is 2. The molecule has 2 amide bonds. The molecule has 0 saturated carbocycles. The van der Waals surface area contributed by atoms with Crippen molar-refractivity contribution < 1.29 is 19.1 Å². The Bertz CT molecular complexity index is 688. The summed E-state index contributed by atoms with van der Waals surface area (Å²) in [5.74, 6) is -1.15. The Morgan fingerprint density at radius 2 is 2.00 bits per heavy atom. The number of nitrogens with one attached hydrogen (secondary N) is 2. The minimum absolute atomic E-state index is 0.0952. The smallest absolute Gasteiger partial charge is 0.306 e. The van der Waals surface area contributed by atoms with E-state index in [1.807, 2.05) is 24.3 Å². The summed E-state index contributed by atoms with van der Waals surface area (Å²) in [6, 6.07) is 7.22. The molecule has 2 N–H and O–H groups in total. The summed E-state index contributed by atoms with van der Waals surface area (Å²) in [6.45, 7) is 2.35. The molecule has 0 unspecified atom stereocenters. The summed E-state index contributed by atoms with van der Waals surface area (Å²) in [5.41, 5.74) is 0.937. The van der Waals surface area contributed by atoms with Crippen LogP contribution in [-0.4, -0.2) is 30.4 Å². The Hall–Kier alpha value is -2.34. The van der Waals surface area contributed by atoms with Crippen LogP contribution in [0.5, 0.6) is 0 Å². The van der Waals surface area contributed by atoms with Gasteiger partial charge in [0.15, 0.2) is 0 Å². The van der Waals surface area contributed by atoms with E-state index in [0.717, 1.165) is 5.56 Å². The van der Waals surface area contributed by atoms with E-state index >= 15 is 0 Å². The molecule has 0 aliphatic carbocycles. The molecule has 7 heteroatoms. The lowest BCUT2D eigenvalue weighted by Crippen LogP contribution is -2.39. The molecule has 0 aromatic heterocycles. The first-order chi connectivity index (χ1) is 12.9. The number of hydrogen-bond donors (Lipinski definition) is 2. The zero-order chi connectivity index (χ0) is 19.6. The summed E-state index contributed by atoms with van der Waals surface area (Å²) in [6.07, 6.45) is 4.70. The molecule has 0 radical (unpaired) electrons. The molecule has 1 aromatic carbocycles. The molecule has 27 heavy (non-hydrogen) atoms. The molecule has 0 spiro atoms. The van der Waals surface area contributed by atoms with Crippen molar-refractivity contribution in [1.82, 2.24) is 10.6 Å². The Kier molecular flexibility index (Phi) is 8.33. The number of cyclic esters (lactones) is 1. The van der Waals surface area contributed by atoms with Crippen LogP contribution in [0.15, 0.2) is 36.4 Å². The number of hydrogen-bond acceptors (Lipinski definition) is 4. The van der Waals surface area contributed by atoms with E-state index in [-0.39, 0.29) is 30.7 Å². The second kappa shape index (κ2) is 10.7. The Morgan fingerprint density at radius 3 is 2.74 bits per heavy atom. The molecule has 146 valence electrons. The number of halogens is 1. The van der Waals surface area contributed by atoms with Crippen molar-refractivity contribution >= 4 is 29.4 Å². The third-order valence-corrected chi connectivity index (χ3v) is 4.46. The van der Waals surface area contributed by atoms with Gasteiger partial charge in [0.05, 0.1) is 12.5 Å². The second-order valence-corrected chi connectivity index (χ2v) is 7.03. The van der Waals surface area contributed by atoms with Gasteiger partial charge >= 0.3 is 5.97 Å². The van der Waals surface area contributed by atoms with Crippen LogP contribution in [-0.2, 0) is 25.7 Å². The quantitative estimate of drug-likeness (QED) is 0.609. The van der Waals surface area contributed by atoms with E-state index in [4.69, 9.17) is 16.3 Å². The van der Waals surface area contributed by atoms with Gasteiger partial charge < -0.3 is 15.4 Å². The first-order valence-electron chi connectivity index (χ1n) is 9.07. The summed E-state index contributed by atoms with van der Waals surface area (Å²) >= 11 is 5.85. The summed E-state index contributed by atoms with van der Waals surface area (Å²) < 4.78 is 5.21. The van der Waals surface area contributed by atoms with Crippen LogP contribution in [0.25, 0.3) is 0 Å². The highest BCUT2D eigenvalue weighted by Gasteiger charge is 2.22. The Morgan fingerprint density at radius 1 is 1.26 bits per heavy atom. The van der Waals surface area contributed by atoms with E-state index in [1.54, 1.807) is 19.1 Å². The van der Waals surface area contributed by atoms with E-state index in [0.29, 0.717) is 30.8 Å². The number of ether oxygens (including phenoxy) is 1. The van der Waals surface area contributed by atoms with Crippen molar-refractivity contribution in [2.75, 3.05) is 6.54 Å². The molecule has 0 fully saturated rings. The Balaban J connectivity index is 1.91. The van der Waals surface area contributed by atoms with Crippen molar-refractivity contribution in [3.63, 3.8) is 0 Å². The minimum Gasteiger partial charge on any atom is -0.461 e. The van der Waals surface area contributed by atoms with Gasteiger partial charge in [-0.05, 0) is 37.5 Å². The topological polar surface area (TPSA) is 84.5 Å². The molecule has 1 aliphatic rings. The zero-order valence-electron chi connectivity index (χ0n) is 15.4. The van der Waals surface area contributed by atoms with Crippen molar-refractivity contribution in [3.05, 3.63) is 47.0 Å². The monoisotopic (exact) mass is 392 g/mol. The average Bonchev–Trinajstić information content (AvgIpc) is 2.63. The normalized spacial score (nSPS) is 21.4. The highest BCUT2D eigenvalue weighted by atomic mass is 35.5. The van der Waals surface area contributed by atoms with Gasteiger partial charge in [0.25, 0.3) is 0 Å². The summed E-state index contributed by atoms with van der Waals surface area (Å²) in [5, 5.41) is 6.23. The van der Waals surface area contributed by atoms with Crippen LogP contribution in [0.2, 0.25) is 5.02 Å². The van der Waals surface area contributed by atoms with Gasteiger partial charge in [0, 0.05) is 24.4 Å². The molecule has 1 aromatic rings. The number of rotatable bonds is 4. The molecule has 2 atom stereocenters. The maximum atomic E-state index is 12.4. The number of benzene rings is 1. The van der Waals surface area contributed by atoms with Crippen molar-refractivity contribution in [2.45, 2.75) is 45.3 Å². The summed E-state index contributed by atoms with van der Waals surface area (Å²) in [4.78, 5) is 36.3. The van der Waals surface area contributed by atoms with E-state index in [1.165, 1.54) is 0 Å². The van der Waals surface area contributed by atoms with Crippen LogP contribution >= 0.6 is 11.6 Å². The third kappa shape index (κ3) is 7.83. The van der Waals surface area contributed by atoms with Gasteiger partial charge in [-0.3, -0.25) is 14.4 Å². The number of carbonyl (C=O) groups excluding carboxylic acids is 3. The number of esters is 1. The fourth-order valence-electron chi connectivity index (χ4n) is 2.68. The van der Waals surface area contributed by atoms with Crippen molar-refractivity contribution in [1.29, 1.82) is 0 Å². The standard InChI is InChI=1S/C20H25ClN2O4/c1-14-12-23-20(26)16(5-3-2-4-6-19(25)27-14)11-18(24)22-13-15-7-9-17(21)10-8-15/h2-3,7-10,14,16H,4-6,11-13H2,1H3,(H,22,24)(H,23,26)/t14-,16+/m1/s1. The molecular formula is C20H25ClN2O4. The van der Waals surface area contributed by atoms with Crippen LogP contribution in [0.3, 0.4) is 0 Å². The van der Waals surface area contributed by atoms with E-state index in [9.17, 15) is 14.4 Å². The first-order valence-corrected chi connectivity index (χ1v) is 9.45. The maximum Gasteiger partial charge on any atom is 0.306 e. The lowest BCUT2D eigenvalue weighted by atomic mass is 9.98. The van der Waals surface area contributed by atoms with Crippen LogP contribution in [0.4, 0.5) is 0 Å². The highest BCUT2D eigenvalue weighted by Crippen LogP contribution is 2.13. The fourth-order valence-corrected chi connectivity index (χ4v) is 2.80. The minimum atomic E-state index is -0.464. The molecule has 2 rings (SSSR count). The van der Waals surface area contributed by atoms with Gasteiger partial charge in [-0.1, -0.05) is 35.9 Å². The maximum absolute atomic E-state index is 12.4. The second-order valence-electron chi connectivity index (χ2n) is 6.60. The molecule has 0 bridgehead atoms. The predicted octanol–water partition coefficient (Wildman–Crippen LogP) is 2.75. The SMILES string of the molecule is C[C@@H]1CNC(=O)[C@H](CC(=O)NCc2ccc(Cl)cc2)CC=CCCC(=O)O1. The van der Waals surface area contributed by atoms with Gasteiger partial charge in [-0.15, -0.1) is 0 Å². The molecular weight excluding hydrogens is 368 g/mol. The molecule has 0 saturated heterocycles. The largest absolute Gasteiger partial charge is 0.461 e. The molecule has 1 heterocycles. The third-order valence-electron chi connectivity index (χ3n) is 4.20. The number of allylic oxidation sites excluding steroid dienone is 2. The highest BCUT2D eigenvalue weighted by molar-refractivity contribution is 6.30. The first kappa shape index (κ1) is 21.0.